The van der Waals surface area contributed by atoms with Crippen LogP contribution in [0.4, 0.5) is 5.95 Å². The Balaban J connectivity index is 0.855. The number of rotatable bonds is 41. The zero-order valence-corrected chi connectivity index (χ0v) is 52.0. The number of hydrogen-bond donors (Lipinski definition) is 10. The number of nitrogen functional groups attached to an aromatic ring is 1. The minimum Gasteiger partial charge on any atom is -0.390 e. The molecule has 480 valence electrons. The van der Waals surface area contributed by atoms with E-state index in [1.807, 2.05) is 0 Å². The van der Waals surface area contributed by atoms with Crippen molar-refractivity contribution in [1.29, 1.82) is 0 Å². The second-order valence-corrected chi connectivity index (χ2v) is 30.3. The van der Waals surface area contributed by atoms with E-state index in [0.29, 0.717) is 0 Å². The maximum Gasteiger partial charge on any atom is 0.697 e. The number of aromatic amines is 2. The number of hydrogen-bond acceptors (Lipinski definition) is 29. The summed E-state index contributed by atoms with van der Waals surface area (Å²) < 4.78 is 152. The van der Waals surface area contributed by atoms with Crippen molar-refractivity contribution in [2.75, 3.05) is 85.0 Å². The van der Waals surface area contributed by atoms with Crippen LogP contribution in [-0.4, -0.2) is 173 Å². The predicted octanol–water partition coefficient (Wildman–Crippen LogP) is 2.90. The molecule has 13 unspecified atom stereocenters. The molecule has 11 N–H and O–H groups in total. The normalized spacial score (nSPS) is 23.9. The number of anilines is 1. The summed E-state index contributed by atoms with van der Waals surface area (Å²) in [5.74, 6) is -0.208. The number of aromatic nitrogens is 6. The first-order valence-electron chi connectivity index (χ1n) is 25.1. The number of aliphatic hydroxyl groups excluding tert-OH is 1. The fraction of sp³-hybridized carbons (Fsp3) is 0.763. The van der Waals surface area contributed by atoms with Crippen LogP contribution < -0.4 is 22.5 Å². The Hall–Kier alpha value is -2.15. The average Bonchev–Trinajstić information content (AvgIpc) is 2.16. The van der Waals surface area contributed by atoms with Gasteiger partial charge in [0.25, 0.3) is 11.1 Å². The largest absolute Gasteiger partial charge is 0.697 e. The van der Waals surface area contributed by atoms with Crippen molar-refractivity contribution >= 4 is 82.8 Å². The highest BCUT2D eigenvalue weighted by atomic mass is 32.5. The van der Waals surface area contributed by atoms with Gasteiger partial charge in [-0.1, -0.05) is 13.8 Å². The van der Waals surface area contributed by atoms with Crippen molar-refractivity contribution in [3.05, 3.63) is 49.3 Å². The van der Waals surface area contributed by atoms with Gasteiger partial charge in [0.2, 0.25) is 5.95 Å². The molecule has 0 spiro atoms. The van der Waals surface area contributed by atoms with Gasteiger partial charge in [-0.3, -0.25) is 73.9 Å². The third-order valence-corrected chi connectivity index (χ3v) is 20.5. The first-order chi connectivity index (χ1) is 39.3. The lowest BCUT2D eigenvalue weighted by Crippen LogP contribution is -2.33. The van der Waals surface area contributed by atoms with Crippen molar-refractivity contribution in [3.63, 3.8) is 0 Å². The van der Waals surface area contributed by atoms with E-state index >= 15 is 0 Å². The number of aliphatic hydroxyl groups is 1. The molecule has 84 heavy (non-hydrogen) atoms. The van der Waals surface area contributed by atoms with Crippen molar-refractivity contribution < 1.29 is 130 Å². The Bertz CT molecular complexity index is 3130. The number of phosphoric acid groups is 5. The summed E-state index contributed by atoms with van der Waals surface area (Å²) >= 11 is 5.19. The molecule has 5 rings (SSSR count). The Morgan fingerprint density at radius 1 is 0.655 bits per heavy atom. The summed E-state index contributed by atoms with van der Waals surface area (Å²) in [6, 6.07) is 0. The van der Waals surface area contributed by atoms with Crippen molar-refractivity contribution in [3.8, 4) is 0 Å². The lowest BCUT2D eigenvalue weighted by atomic mass is 10.2. The Kier molecular flexibility index (Phi) is 28.6. The molecule has 13 atom stereocenters. The molecule has 0 radical (unpaired) electrons. The minimum atomic E-state index is -4.88. The lowest BCUT2D eigenvalue weighted by molar-refractivity contribution is -0.0420. The monoisotopic (exact) mass is 1370 g/mol. The highest BCUT2D eigenvalue weighted by molar-refractivity contribution is 8.09. The number of fused-ring (bicyclic) bond motifs is 1. The van der Waals surface area contributed by atoms with Gasteiger partial charge in [-0.05, 0) is 50.8 Å². The number of nitrogens with zero attached hydrogens (tertiary/aromatic N) is 4. The van der Waals surface area contributed by atoms with Crippen LogP contribution in [0.5, 0.6) is 0 Å². The van der Waals surface area contributed by atoms with Crippen LogP contribution in [-0.2, 0) is 107 Å². The van der Waals surface area contributed by atoms with E-state index in [0.717, 1.165) is 4.57 Å². The molecule has 46 heteroatoms. The topological polar surface area (TPSA) is 527 Å². The van der Waals surface area contributed by atoms with Crippen LogP contribution >= 0.6 is 53.9 Å². The quantitative estimate of drug-likeness (QED) is 0.0288. The maximum absolute atomic E-state index is 13.0. The molecular weight excluding hydrogens is 1300 g/mol. The second-order valence-electron chi connectivity index (χ2n) is 18.1. The van der Waals surface area contributed by atoms with Gasteiger partial charge in [0, 0.05) is 34.8 Å². The number of nitrogens with two attached hydrogens (primary N) is 1. The third kappa shape index (κ3) is 24.7. The number of phosphoric ester groups is 5. The highest BCUT2D eigenvalue weighted by Gasteiger charge is 2.44. The molecular formula is C38H67N7O31P7S+. The fourth-order valence-electron chi connectivity index (χ4n) is 7.03. The van der Waals surface area contributed by atoms with Gasteiger partial charge in [-0.2, -0.15) is 4.98 Å². The van der Waals surface area contributed by atoms with Gasteiger partial charge >= 0.3 is 53.1 Å². The van der Waals surface area contributed by atoms with E-state index in [-0.39, 0.29) is 87.4 Å². The van der Waals surface area contributed by atoms with Crippen LogP contribution in [0.25, 0.3) is 11.2 Å². The molecule has 2 saturated heterocycles. The van der Waals surface area contributed by atoms with E-state index in [9.17, 15) is 76.2 Å². The summed E-state index contributed by atoms with van der Waals surface area (Å²) in [5, 5.41) is 10.3. The van der Waals surface area contributed by atoms with E-state index in [2.05, 4.69) is 19.9 Å². The smallest absolute Gasteiger partial charge is 0.390 e. The first kappa shape index (κ1) is 72.6. The first-order valence-corrected chi connectivity index (χ1v) is 36.4. The Morgan fingerprint density at radius 2 is 1.11 bits per heavy atom. The standard InChI is InChI=1S/C38H66N7O31P7S/c1-25(2)78(51,84)73-23-30-28(20-32(75-30)45-24-40-33-34(45)41-37(39)42-36(33)48)76-83(60,61)72-18-8-17-71-82(58,59)70-16-7-15-69-81(56,57)68-14-6-13-67-80(54,55)66-12-5-11-65-79(52,53)64-10-4-9-62-77(50)63-22-29-27(46)19-31(74-29)44-21-26(3)35(47)43-38(44)49/h21,24-25,27-32,46H,4-20,22-23H2,1-3H3,(H9-,39,41,42,43,47,48,49,51,52,53,54,55,56,57,58,59,60,61,84)/p+1. The number of H-pyrrole nitrogens is 2. The maximum atomic E-state index is 13.0. The van der Waals surface area contributed by atoms with Crippen LogP contribution in [0.15, 0.2) is 26.9 Å². The summed E-state index contributed by atoms with van der Waals surface area (Å²) in [7, 11) is -26.3. The highest BCUT2D eigenvalue weighted by Crippen LogP contribution is 2.52. The lowest BCUT2D eigenvalue weighted by Gasteiger charge is -2.25. The van der Waals surface area contributed by atoms with Crippen LogP contribution in [0.1, 0.15) is 76.8 Å². The SMILES string of the molecule is Cc1cn(C2CC(O)C(CO[P+](=O)OCCCOP(=O)(O)OCCCOP(=O)(O)OCCCOP(=O)(O)OCCCOP(=O)(O)OCCCOP(=O)(O)OC3CC(n4cnc5c(=O)[nH]c(N)nc54)OC3COP(O)(=S)C(C)C)O2)c(=O)[nH]c1=O. The van der Waals surface area contributed by atoms with Gasteiger partial charge < -0.3 is 54.2 Å². The molecule has 3 aromatic rings. The molecule has 5 heterocycles. The molecule has 0 saturated carbocycles. The average molecular weight is 1370 g/mol. The number of ether oxygens (including phenoxy) is 2. The third-order valence-electron chi connectivity index (χ3n) is 11.2. The van der Waals surface area contributed by atoms with Crippen molar-refractivity contribution in [2.45, 2.75) is 108 Å². The predicted molar refractivity (Wildman–Crippen MR) is 289 cm³/mol. The Labute approximate surface area is 482 Å². The molecule has 0 bridgehead atoms. The summed E-state index contributed by atoms with van der Waals surface area (Å²) in [6.07, 6.45) is -4.80. The van der Waals surface area contributed by atoms with Crippen LogP contribution in [0, 0.1) is 6.92 Å². The molecule has 0 aliphatic carbocycles. The molecule has 3 aromatic heterocycles. The molecule has 2 aliphatic rings. The van der Waals surface area contributed by atoms with E-state index in [4.69, 9.17) is 85.8 Å². The van der Waals surface area contributed by atoms with Crippen molar-refractivity contribution in [2.24, 2.45) is 0 Å². The number of imidazole rings is 1. The van der Waals surface area contributed by atoms with Gasteiger partial charge in [0.15, 0.2) is 17.7 Å². The van der Waals surface area contributed by atoms with Gasteiger partial charge in [0.05, 0.1) is 78.5 Å². The van der Waals surface area contributed by atoms with Crippen LogP contribution in [0.2, 0.25) is 0 Å². The van der Waals surface area contributed by atoms with Gasteiger partial charge in [0.1, 0.15) is 44.0 Å². The zero-order chi connectivity index (χ0) is 62.1. The number of aryl methyl sites for hydroxylation is 1. The fourth-order valence-corrected chi connectivity index (χ4v) is 12.7. The molecule has 38 nitrogen and oxygen atoms in total. The molecule has 0 aromatic carbocycles. The summed E-state index contributed by atoms with van der Waals surface area (Å²) in [4.78, 5) is 109. The zero-order valence-electron chi connectivity index (χ0n) is 45.0. The van der Waals surface area contributed by atoms with Gasteiger partial charge in [-0.15, -0.1) is 9.05 Å². The molecule has 2 aliphatic heterocycles. The summed E-state index contributed by atoms with van der Waals surface area (Å²) in [5.41, 5.74) is 3.56. The van der Waals surface area contributed by atoms with Gasteiger partial charge in [-0.25, -0.2) is 32.6 Å². The number of nitrogens with one attached hydrogen (secondary N) is 2. The second kappa shape index (κ2) is 33.1. The van der Waals surface area contributed by atoms with E-state index < -0.39 is 173 Å². The summed E-state index contributed by atoms with van der Waals surface area (Å²) in [6.45, 7) is -3.97. The van der Waals surface area contributed by atoms with Crippen molar-refractivity contribution in [1.82, 2.24) is 29.1 Å². The minimum absolute atomic E-state index is 0.0155. The molecule has 2 fully saturated rings. The van der Waals surface area contributed by atoms with E-state index in [1.165, 1.54) is 24.0 Å². The molecule has 0 amide bonds. The van der Waals surface area contributed by atoms with E-state index in [1.54, 1.807) is 13.8 Å². The Morgan fingerprint density at radius 3 is 1.60 bits per heavy atom. The van der Waals surface area contributed by atoms with Crippen LogP contribution in [0.3, 0.4) is 0 Å².